The van der Waals surface area contributed by atoms with Gasteiger partial charge in [-0.1, -0.05) is 54.6 Å². The molecule has 3 aromatic carbocycles. The highest BCUT2D eigenvalue weighted by Gasteiger charge is 2.18. The Labute approximate surface area is 195 Å². The van der Waals surface area contributed by atoms with Crippen LogP contribution in [0.4, 0.5) is 0 Å². The van der Waals surface area contributed by atoms with Crippen LogP contribution in [0.5, 0.6) is 5.75 Å². The number of nitrogens with zero attached hydrogens (tertiary/aromatic N) is 2. The van der Waals surface area contributed by atoms with Crippen LogP contribution in [0.3, 0.4) is 0 Å². The minimum absolute atomic E-state index is 0.00617. The second kappa shape index (κ2) is 10.8. The summed E-state index contributed by atoms with van der Waals surface area (Å²) in [6, 6.07) is 25.9. The Kier molecular flexibility index (Phi) is 7.40. The molecular formula is C28H31N3O2. The maximum absolute atomic E-state index is 12.7. The zero-order valence-corrected chi connectivity index (χ0v) is 19.3. The first-order valence-electron chi connectivity index (χ1n) is 11.6. The van der Waals surface area contributed by atoms with E-state index in [9.17, 15) is 4.79 Å². The molecule has 0 radical (unpaired) electrons. The van der Waals surface area contributed by atoms with E-state index in [0.717, 1.165) is 53.1 Å². The van der Waals surface area contributed by atoms with Gasteiger partial charge < -0.3 is 14.6 Å². The summed E-state index contributed by atoms with van der Waals surface area (Å²) in [5, 5.41) is 3.15. The van der Waals surface area contributed by atoms with Gasteiger partial charge in [0.1, 0.15) is 11.6 Å². The highest BCUT2D eigenvalue weighted by atomic mass is 16.5. The number of aromatic nitrogens is 2. The van der Waals surface area contributed by atoms with E-state index in [1.165, 1.54) is 0 Å². The second-order valence-corrected chi connectivity index (χ2v) is 8.37. The number of benzene rings is 3. The number of unbranched alkanes of at least 4 members (excludes halogenated alkanes) is 1. The number of aryl methyl sites for hydroxylation is 2. The molecule has 0 aliphatic rings. The van der Waals surface area contributed by atoms with Crippen molar-refractivity contribution in [2.75, 3.05) is 6.61 Å². The lowest BCUT2D eigenvalue weighted by atomic mass is 10.1. The van der Waals surface area contributed by atoms with Gasteiger partial charge in [-0.3, -0.25) is 4.79 Å². The highest BCUT2D eigenvalue weighted by molar-refractivity contribution is 5.80. The molecule has 1 N–H and O–H groups in total. The van der Waals surface area contributed by atoms with Crippen molar-refractivity contribution in [3.05, 3.63) is 95.8 Å². The first-order chi connectivity index (χ1) is 16.1. The zero-order chi connectivity index (χ0) is 23.0. The molecule has 0 aliphatic heterocycles. The monoisotopic (exact) mass is 441 g/mol. The SMILES string of the molecule is Cc1ccccc1CC(=O)NC(C)c1nc2ccccc2n1CCCCOc1ccccc1. The fraction of sp³-hybridized carbons (Fsp3) is 0.286. The van der Waals surface area contributed by atoms with Crippen molar-refractivity contribution in [2.24, 2.45) is 0 Å². The van der Waals surface area contributed by atoms with E-state index in [0.29, 0.717) is 13.0 Å². The van der Waals surface area contributed by atoms with E-state index in [2.05, 4.69) is 16.0 Å². The number of nitrogens with one attached hydrogen (secondary N) is 1. The van der Waals surface area contributed by atoms with Crippen LogP contribution in [0.1, 0.15) is 42.8 Å². The van der Waals surface area contributed by atoms with Crippen LogP contribution in [0.15, 0.2) is 78.9 Å². The second-order valence-electron chi connectivity index (χ2n) is 8.37. The molecule has 0 saturated heterocycles. The predicted molar refractivity (Wildman–Crippen MR) is 132 cm³/mol. The van der Waals surface area contributed by atoms with Crippen LogP contribution >= 0.6 is 0 Å². The third kappa shape index (κ3) is 5.80. The van der Waals surface area contributed by atoms with Crippen LogP contribution in [0.25, 0.3) is 11.0 Å². The van der Waals surface area contributed by atoms with Crippen molar-refractivity contribution in [1.29, 1.82) is 0 Å². The van der Waals surface area contributed by atoms with E-state index in [1.807, 2.05) is 86.6 Å². The summed E-state index contributed by atoms with van der Waals surface area (Å²) < 4.78 is 8.06. The number of para-hydroxylation sites is 3. The number of ether oxygens (including phenoxy) is 1. The molecule has 4 rings (SSSR count). The molecule has 1 aromatic heterocycles. The van der Waals surface area contributed by atoms with Gasteiger partial charge in [0.2, 0.25) is 5.91 Å². The highest BCUT2D eigenvalue weighted by Crippen LogP contribution is 2.22. The summed E-state index contributed by atoms with van der Waals surface area (Å²) in [5.74, 6) is 1.79. The lowest BCUT2D eigenvalue weighted by Gasteiger charge is -2.17. The first kappa shape index (κ1) is 22.6. The maximum Gasteiger partial charge on any atom is 0.225 e. The molecule has 1 heterocycles. The van der Waals surface area contributed by atoms with E-state index < -0.39 is 0 Å². The molecule has 0 spiro atoms. The molecule has 0 saturated carbocycles. The van der Waals surface area contributed by atoms with Gasteiger partial charge in [-0.15, -0.1) is 0 Å². The van der Waals surface area contributed by atoms with E-state index >= 15 is 0 Å². The van der Waals surface area contributed by atoms with Gasteiger partial charge in [-0.05, 0) is 62.1 Å². The van der Waals surface area contributed by atoms with Crippen LogP contribution in [-0.2, 0) is 17.8 Å². The Morgan fingerprint density at radius 1 is 0.970 bits per heavy atom. The standard InChI is InChI=1S/C28H31N3O2/c1-21-12-6-7-13-23(21)20-27(32)29-22(2)28-30-25-16-8-9-17-26(25)31(28)18-10-11-19-33-24-14-4-3-5-15-24/h3-9,12-17,22H,10-11,18-20H2,1-2H3,(H,29,32). The van der Waals surface area contributed by atoms with Gasteiger partial charge in [-0.2, -0.15) is 0 Å². The van der Waals surface area contributed by atoms with Crippen LogP contribution in [0.2, 0.25) is 0 Å². The lowest BCUT2D eigenvalue weighted by Crippen LogP contribution is -2.30. The third-order valence-corrected chi connectivity index (χ3v) is 5.85. The average molecular weight is 442 g/mol. The molecule has 1 amide bonds. The molecule has 0 aliphatic carbocycles. The number of carbonyl (C=O) groups is 1. The Morgan fingerprint density at radius 2 is 1.70 bits per heavy atom. The lowest BCUT2D eigenvalue weighted by molar-refractivity contribution is -0.121. The summed E-state index contributed by atoms with van der Waals surface area (Å²) in [4.78, 5) is 17.6. The molecule has 33 heavy (non-hydrogen) atoms. The number of hydrogen-bond donors (Lipinski definition) is 1. The minimum atomic E-state index is -0.186. The topological polar surface area (TPSA) is 56.2 Å². The van der Waals surface area contributed by atoms with Crippen molar-refractivity contribution in [1.82, 2.24) is 14.9 Å². The van der Waals surface area contributed by atoms with Gasteiger partial charge in [0, 0.05) is 6.54 Å². The summed E-state index contributed by atoms with van der Waals surface area (Å²) in [6.07, 6.45) is 2.27. The third-order valence-electron chi connectivity index (χ3n) is 5.85. The van der Waals surface area contributed by atoms with Gasteiger partial charge >= 0.3 is 0 Å². The van der Waals surface area contributed by atoms with Crippen LogP contribution in [-0.4, -0.2) is 22.1 Å². The quantitative estimate of drug-likeness (QED) is 0.325. The van der Waals surface area contributed by atoms with E-state index in [4.69, 9.17) is 9.72 Å². The summed E-state index contributed by atoms with van der Waals surface area (Å²) >= 11 is 0. The fourth-order valence-electron chi connectivity index (χ4n) is 4.08. The number of rotatable bonds is 10. The average Bonchev–Trinajstić information content (AvgIpc) is 3.20. The fourth-order valence-corrected chi connectivity index (χ4v) is 4.08. The smallest absolute Gasteiger partial charge is 0.225 e. The van der Waals surface area contributed by atoms with Gasteiger partial charge in [-0.25, -0.2) is 4.98 Å². The predicted octanol–water partition coefficient (Wildman–Crippen LogP) is 5.62. The van der Waals surface area contributed by atoms with Crippen LogP contribution in [0, 0.1) is 6.92 Å². The van der Waals surface area contributed by atoms with Crippen molar-refractivity contribution in [2.45, 2.75) is 45.7 Å². The van der Waals surface area contributed by atoms with Gasteiger partial charge in [0.25, 0.3) is 0 Å². The Morgan fingerprint density at radius 3 is 2.52 bits per heavy atom. The Hall–Kier alpha value is -3.60. The van der Waals surface area contributed by atoms with Crippen molar-refractivity contribution >= 4 is 16.9 Å². The van der Waals surface area contributed by atoms with Crippen molar-refractivity contribution < 1.29 is 9.53 Å². The Bertz CT molecular complexity index is 1200. The van der Waals surface area contributed by atoms with Crippen molar-refractivity contribution in [3.63, 3.8) is 0 Å². The van der Waals surface area contributed by atoms with Crippen LogP contribution < -0.4 is 10.1 Å². The number of imidazole rings is 1. The molecule has 0 fully saturated rings. The molecule has 5 nitrogen and oxygen atoms in total. The zero-order valence-electron chi connectivity index (χ0n) is 19.3. The Balaban J connectivity index is 1.40. The minimum Gasteiger partial charge on any atom is -0.494 e. The molecule has 0 bridgehead atoms. The maximum atomic E-state index is 12.7. The van der Waals surface area contributed by atoms with Crippen molar-refractivity contribution in [3.8, 4) is 5.75 Å². The number of carbonyl (C=O) groups excluding carboxylic acids is 1. The number of fused-ring (bicyclic) bond motifs is 1. The summed E-state index contributed by atoms with van der Waals surface area (Å²) in [5.41, 5.74) is 4.23. The van der Waals surface area contributed by atoms with Gasteiger partial charge in [0.05, 0.1) is 30.1 Å². The molecule has 5 heteroatoms. The molecule has 1 atom stereocenters. The first-order valence-corrected chi connectivity index (χ1v) is 11.6. The van der Waals surface area contributed by atoms with E-state index in [1.54, 1.807) is 0 Å². The van der Waals surface area contributed by atoms with E-state index in [-0.39, 0.29) is 11.9 Å². The molecule has 170 valence electrons. The molecule has 1 unspecified atom stereocenters. The number of hydrogen-bond acceptors (Lipinski definition) is 3. The summed E-state index contributed by atoms with van der Waals surface area (Å²) in [6.45, 7) is 5.54. The summed E-state index contributed by atoms with van der Waals surface area (Å²) in [7, 11) is 0. The van der Waals surface area contributed by atoms with Gasteiger partial charge in [0.15, 0.2) is 0 Å². The molecular weight excluding hydrogens is 410 g/mol. The molecule has 4 aromatic rings. The normalized spacial score (nSPS) is 11.9. The number of amides is 1. The largest absolute Gasteiger partial charge is 0.494 e.